The van der Waals surface area contributed by atoms with Crippen molar-refractivity contribution in [2.75, 3.05) is 6.61 Å². The van der Waals surface area contributed by atoms with Crippen molar-refractivity contribution in [2.24, 2.45) is 5.92 Å². The number of hydrogen-bond donors (Lipinski definition) is 0. The van der Waals surface area contributed by atoms with Gasteiger partial charge >= 0.3 is 0 Å². The highest BCUT2D eigenvalue weighted by atomic mass is 19.1. The Labute approximate surface area is 182 Å². The average Bonchev–Trinajstić information content (AvgIpc) is 2.76. The van der Waals surface area contributed by atoms with E-state index in [0.717, 1.165) is 24.8 Å². The van der Waals surface area contributed by atoms with Crippen molar-refractivity contribution in [3.63, 3.8) is 0 Å². The molecule has 0 aliphatic heterocycles. The van der Waals surface area contributed by atoms with Gasteiger partial charge in [0.1, 0.15) is 12.8 Å². The molecule has 30 heavy (non-hydrogen) atoms. The Bertz CT molecular complexity index is 687. The fraction of sp³-hybridized carbons (Fsp3) is 0.615. The van der Waals surface area contributed by atoms with Crippen LogP contribution < -0.4 is 4.74 Å². The third-order valence-corrected chi connectivity index (χ3v) is 5.53. The van der Waals surface area contributed by atoms with E-state index in [1.165, 1.54) is 44.1 Å². The lowest BCUT2D eigenvalue weighted by Crippen LogP contribution is -2.16. The molecule has 1 aromatic carbocycles. The summed E-state index contributed by atoms with van der Waals surface area (Å²) in [5.74, 6) is 1.57. The fourth-order valence-electron chi connectivity index (χ4n) is 3.77. The predicted molar refractivity (Wildman–Crippen MR) is 124 cm³/mol. The van der Waals surface area contributed by atoms with Crippen LogP contribution in [0.5, 0.6) is 5.75 Å². The van der Waals surface area contributed by atoms with Gasteiger partial charge in [-0.2, -0.15) is 0 Å². The van der Waals surface area contributed by atoms with E-state index in [1.807, 2.05) is 0 Å². The molecule has 4 heteroatoms. The monoisotopic (exact) mass is 414 g/mol. The third-order valence-electron chi connectivity index (χ3n) is 5.53. The number of rotatable bonds is 15. The van der Waals surface area contributed by atoms with Crippen molar-refractivity contribution in [1.82, 2.24) is 9.97 Å². The largest absolute Gasteiger partial charge is 0.487 e. The second-order valence-corrected chi connectivity index (χ2v) is 8.49. The van der Waals surface area contributed by atoms with Crippen LogP contribution in [0.3, 0.4) is 0 Å². The van der Waals surface area contributed by atoms with Crippen LogP contribution in [0.15, 0.2) is 36.7 Å². The van der Waals surface area contributed by atoms with Crippen LogP contribution in [0.1, 0.15) is 84.1 Å². The molecule has 3 nitrogen and oxygen atoms in total. The molecule has 1 aromatic heterocycles. The molecule has 0 spiro atoms. The molecule has 0 fully saturated rings. The number of unbranched alkanes of at least 4 members (excludes halogenated alkanes) is 5. The van der Waals surface area contributed by atoms with E-state index in [0.29, 0.717) is 23.9 Å². The lowest BCUT2D eigenvalue weighted by molar-refractivity contribution is 0.168. The number of nitrogens with zero attached hydrogens (tertiary/aromatic N) is 2. The molecule has 0 aliphatic carbocycles. The van der Waals surface area contributed by atoms with E-state index in [2.05, 4.69) is 55.0 Å². The summed E-state index contributed by atoms with van der Waals surface area (Å²) in [6.45, 7) is 6.53. The number of alkyl halides is 1. The van der Waals surface area contributed by atoms with Gasteiger partial charge < -0.3 is 4.74 Å². The van der Waals surface area contributed by atoms with Crippen molar-refractivity contribution in [1.29, 1.82) is 0 Å². The summed E-state index contributed by atoms with van der Waals surface area (Å²) in [4.78, 5) is 8.78. The number of hydrogen-bond acceptors (Lipinski definition) is 3. The Morgan fingerprint density at radius 2 is 1.57 bits per heavy atom. The normalized spacial score (nSPS) is 13.2. The first-order valence-electron chi connectivity index (χ1n) is 11.8. The first kappa shape index (κ1) is 24.3. The maximum atomic E-state index is 14.0. The molecular formula is C26H39FN2O. The first-order valence-corrected chi connectivity index (χ1v) is 11.8. The summed E-state index contributed by atoms with van der Waals surface area (Å²) in [7, 11) is 0. The summed E-state index contributed by atoms with van der Waals surface area (Å²) in [5.41, 5.74) is 2.35. The van der Waals surface area contributed by atoms with Crippen molar-refractivity contribution < 1.29 is 9.13 Å². The summed E-state index contributed by atoms with van der Waals surface area (Å²) in [5, 5.41) is 0. The smallest absolute Gasteiger partial charge is 0.159 e. The third kappa shape index (κ3) is 9.23. The molecule has 0 saturated carbocycles. The van der Waals surface area contributed by atoms with Crippen LogP contribution in [0.4, 0.5) is 4.39 Å². The van der Waals surface area contributed by atoms with Crippen molar-refractivity contribution >= 4 is 0 Å². The molecule has 0 radical (unpaired) electrons. The van der Waals surface area contributed by atoms with Crippen LogP contribution in [0.2, 0.25) is 0 Å². The molecule has 2 atom stereocenters. The molecule has 2 aromatic rings. The minimum Gasteiger partial charge on any atom is -0.487 e. The summed E-state index contributed by atoms with van der Waals surface area (Å²) in [6.07, 6.45) is 14.0. The van der Waals surface area contributed by atoms with Gasteiger partial charge in [0.15, 0.2) is 11.6 Å². The average molecular weight is 415 g/mol. The van der Waals surface area contributed by atoms with Crippen LogP contribution in [0, 0.1) is 5.92 Å². The Balaban J connectivity index is 1.76. The summed E-state index contributed by atoms with van der Waals surface area (Å²) in [6, 6.07) is 8.49. The van der Waals surface area contributed by atoms with E-state index in [4.69, 9.17) is 4.74 Å². The lowest BCUT2D eigenvalue weighted by atomic mass is 10.00. The Hall–Kier alpha value is -1.97. The molecule has 2 unspecified atom stereocenters. The molecule has 0 saturated heterocycles. The van der Waals surface area contributed by atoms with Gasteiger partial charge in [0, 0.05) is 5.56 Å². The molecule has 0 amide bonds. The van der Waals surface area contributed by atoms with Crippen molar-refractivity contribution in [2.45, 2.75) is 91.2 Å². The van der Waals surface area contributed by atoms with Gasteiger partial charge in [-0.15, -0.1) is 0 Å². The SMILES string of the molecule is CCCCCCCCc1ccc(-c2ncc(OCC(F)CC(C)CCC)cn2)cc1. The fourth-order valence-corrected chi connectivity index (χ4v) is 3.77. The number of halogens is 1. The molecule has 0 aliphatic rings. The van der Waals surface area contributed by atoms with E-state index < -0.39 is 6.17 Å². The zero-order valence-electron chi connectivity index (χ0n) is 19.1. The van der Waals surface area contributed by atoms with Gasteiger partial charge in [0.25, 0.3) is 0 Å². The number of ether oxygens (including phenoxy) is 1. The Morgan fingerprint density at radius 1 is 0.900 bits per heavy atom. The lowest BCUT2D eigenvalue weighted by Gasteiger charge is -2.14. The van der Waals surface area contributed by atoms with Crippen LogP contribution in [-0.4, -0.2) is 22.7 Å². The molecule has 0 bridgehead atoms. The van der Waals surface area contributed by atoms with Crippen LogP contribution in [0.25, 0.3) is 11.4 Å². The first-order chi connectivity index (χ1) is 14.6. The standard InChI is InChI=1S/C26H39FN2O/c1-4-6-7-8-9-10-12-22-13-15-23(16-14-22)26-28-18-25(19-29-26)30-20-24(27)17-21(3)11-5-2/h13-16,18-19,21,24H,4-12,17,20H2,1-3H3. The second-order valence-electron chi connectivity index (χ2n) is 8.49. The van der Waals surface area contributed by atoms with Gasteiger partial charge in [0.05, 0.1) is 12.4 Å². The van der Waals surface area contributed by atoms with E-state index in [9.17, 15) is 4.39 Å². The van der Waals surface area contributed by atoms with Gasteiger partial charge in [0.2, 0.25) is 0 Å². The highest BCUT2D eigenvalue weighted by Crippen LogP contribution is 2.20. The van der Waals surface area contributed by atoms with E-state index in [-0.39, 0.29) is 6.61 Å². The topological polar surface area (TPSA) is 35.0 Å². The van der Waals surface area contributed by atoms with Crippen molar-refractivity contribution in [3.05, 3.63) is 42.2 Å². The van der Waals surface area contributed by atoms with Crippen LogP contribution in [-0.2, 0) is 6.42 Å². The molecule has 2 rings (SSSR count). The minimum atomic E-state index is -0.953. The maximum Gasteiger partial charge on any atom is 0.159 e. The number of benzene rings is 1. The number of aromatic nitrogens is 2. The minimum absolute atomic E-state index is 0.0594. The van der Waals surface area contributed by atoms with Gasteiger partial charge in [-0.25, -0.2) is 14.4 Å². The summed E-state index contributed by atoms with van der Waals surface area (Å²) < 4.78 is 19.6. The molecule has 0 N–H and O–H groups in total. The van der Waals surface area contributed by atoms with Crippen LogP contribution >= 0.6 is 0 Å². The van der Waals surface area contributed by atoms with Gasteiger partial charge in [-0.05, 0) is 30.7 Å². The molecular weight excluding hydrogens is 375 g/mol. The Kier molecular flexibility index (Phi) is 11.4. The van der Waals surface area contributed by atoms with Crippen molar-refractivity contribution in [3.8, 4) is 17.1 Å². The van der Waals surface area contributed by atoms with E-state index >= 15 is 0 Å². The number of aryl methyl sites for hydroxylation is 1. The Morgan fingerprint density at radius 3 is 2.23 bits per heavy atom. The van der Waals surface area contributed by atoms with Gasteiger partial charge in [-0.1, -0.05) is 90.0 Å². The molecule has 166 valence electrons. The quantitative estimate of drug-likeness (QED) is 0.282. The van der Waals surface area contributed by atoms with E-state index in [1.54, 1.807) is 12.4 Å². The second kappa shape index (κ2) is 14.1. The summed E-state index contributed by atoms with van der Waals surface area (Å²) >= 11 is 0. The van der Waals surface area contributed by atoms with Gasteiger partial charge in [-0.3, -0.25) is 0 Å². The maximum absolute atomic E-state index is 14.0. The predicted octanol–water partition coefficient (Wildman–Crippen LogP) is 7.59. The zero-order chi connectivity index (χ0) is 21.6. The molecule has 1 heterocycles. The highest BCUT2D eigenvalue weighted by Gasteiger charge is 2.13. The highest BCUT2D eigenvalue weighted by molar-refractivity contribution is 5.55. The zero-order valence-corrected chi connectivity index (χ0v) is 19.1.